The van der Waals surface area contributed by atoms with Crippen molar-refractivity contribution in [2.24, 2.45) is 5.73 Å². The van der Waals surface area contributed by atoms with E-state index in [0.29, 0.717) is 18.5 Å². The molecule has 0 aromatic heterocycles. The number of sulfonamides is 1. The third-order valence-electron chi connectivity index (χ3n) is 3.98. The summed E-state index contributed by atoms with van der Waals surface area (Å²) in [6, 6.07) is 6.99. The molecule has 1 aliphatic rings. The molecule has 1 fully saturated rings. The molecular formula is C16H24N4O4S. The van der Waals surface area contributed by atoms with E-state index in [1.807, 2.05) is 13.0 Å². The van der Waals surface area contributed by atoms with Crippen LogP contribution in [-0.2, 0) is 14.8 Å². The van der Waals surface area contributed by atoms with Crippen molar-refractivity contribution in [3.8, 4) is 0 Å². The Morgan fingerprint density at radius 1 is 1.32 bits per heavy atom. The Labute approximate surface area is 148 Å². The van der Waals surface area contributed by atoms with Crippen LogP contribution < -0.4 is 11.1 Å². The first kappa shape index (κ1) is 19.4. The second kappa shape index (κ2) is 7.94. The van der Waals surface area contributed by atoms with Crippen molar-refractivity contribution < 1.29 is 18.0 Å². The van der Waals surface area contributed by atoms with Gasteiger partial charge in [-0.15, -0.1) is 0 Å². The smallest absolute Gasteiger partial charge is 0.259 e. The molecular weight excluding hydrogens is 344 g/mol. The van der Waals surface area contributed by atoms with Gasteiger partial charge in [0.05, 0.1) is 6.26 Å². The first-order valence-corrected chi connectivity index (χ1v) is 9.93. The quantitative estimate of drug-likeness (QED) is 0.728. The first-order valence-electron chi connectivity index (χ1n) is 8.08. The molecule has 1 unspecified atom stereocenters. The number of amides is 2. The fourth-order valence-corrected chi connectivity index (χ4v) is 3.89. The van der Waals surface area contributed by atoms with Gasteiger partial charge in [-0.2, -0.15) is 4.31 Å². The van der Waals surface area contributed by atoms with E-state index in [-0.39, 0.29) is 25.5 Å². The van der Waals surface area contributed by atoms with Gasteiger partial charge in [0.25, 0.3) is 11.8 Å². The van der Waals surface area contributed by atoms with Crippen LogP contribution in [0.15, 0.2) is 24.3 Å². The molecule has 1 aliphatic heterocycles. The molecule has 0 aliphatic carbocycles. The average molecular weight is 368 g/mol. The topological polar surface area (TPSA) is 113 Å². The summed E-state index contributed by atoms with van der Waals surface area (Å²) in [5.74, 6) is -0.915. The van der Waals surface area contributed by atoms with Gasteiger partial charge < -0.3 is 16.0 Å². The minimum atomic E-state index is -3.65. The van der Waals surface area contributed by atoms with Crippen molar-refractivity contribution in [2.75, 3.05) is 32.4 Å². The van der Waals surface area contributed by atoms with Gasteiger partial charge in [0.2, 0.25) is 10.0 Å². The zero-order valence-electron chi connectivity index (χ0n) is 14.4. The van der Waals surface area contributed by atoms with E-state index < -0.39 is 22.1 Å². The van der Waals surface area contributed by atoms with Gasteiger partial charge in [0.1, 0.15) is 0 Å². The molecule has 9 heteroatoms. The second-order valence-electron chi connectivity index (χ2n) is 6.05. The summed E-state index contributed by atoms with van der Waals surface area (Å²) in [7, 11) is -3.65. The summed E-state index contributed by atoms with van der Waals surface area (Å²) in [6.07, 6.45) is 0.297. The lowest BCUT2D eigenvalue weighted by Gasteiger charge is -2.41. The summed E-state index contributed by atoms with van der Waals surface area (Å²) < 4.78 is 25.3. The van der Waals surface area contributed by atoms with Crippen molar-refractivity contribution in [3.05, 3.63) is 35.4 Å². The Balaban J connectivity index is 2.38. The molecule has 1 heterocycles. The van der Waals surface area contributed by atoms with Gasteiger partial charge in [-0.1, -0.05) is 17.7 Å². The molecule has 0 radical (unpaired) electrons. The van der Waals surface area contributed by atoms with E-state index >= 15 is 0 Å². The number of nitrogens with two attached hydrogens (primary N) is 1. The molecule has 2 amide bonds. The van der Waals surface area contributed by atoms with Crippen LogP contribution >= 0.6 is 0 Å². The fourth-order valence-electron chi connectivity index (χ4n) is 2.86. The number of nitrogens with zero attached hydrogens (tertiary/aromatic N) is 2. The molecule has 2 rings (SSSR count). The van der Waals surface area contributed by atoms with Crippen LogP contribution in [0.4, 0.5) is 0 Å². The summed E-state index contributed by atoms with van der Waals surface area (Å²) in [6.45, 7) is 2.79. The molecule has 0 saturated carbocycles. The van der Waals surface area contributed by atoms with Crippen molar-refractivity contribution in [2.45, 2.75) is 19.5 Å². The predicted molar refractivity (Wildman–Crippen MR) is 94.2 cm³/mol. The van der Waals surface area contributed by atoms with Crippen LogP contribution in [0, 0.1) is 6.92 Å². The molecule has 1 aromatic carbocycles. The third kappa shape index (κ3) is 4.56. The Kier molecular flexibility index (Phi) is 6.15. The summed E-state index contributed by atoms with van der Waals surface area (Å²) in [4.78, 5) is 26.8. The SMILES string of the molecule is Cc1cccc(C(=O)N2CCCN(S(C)(=O)=O)C2C(=O)NCCN)c1. The largest absolute Gasteiger partial charge is 0.352 e. The minimum Gasteiger partial charge on any atom is -0.352 e. The third-order valence-corrected chi connectivity index (χ3v) is 5.21. The van der Waals surface area contributed by atoms with E-state index in [9.17, 15) is 18.0 Å². The lowest BCUT2D eigenvalue weighted by molar-refractivity contribution is -0.130. The molecule has 3 N–H and O–H groups in total. The zero-order valence-corrected chi connectivity index (χ0v) is 15.3. The molecule has 0 spiro atoms. The van der Waals surface area contributed by atoms with Crippen molar-refractivity contribution in [3.63, 3.8) is 0 Å². The highest BCUT2D eigenvalue weighted by atomic mass is 32.2. The molecule has 8 nitrogen and oxygen atoms in total. The van der Waals surface area contributed by atoms with Crippen LogP contribution in [0.1, 0.15) is 22.3 Å². The monoisotopic (exact) mass is 368 g/mol. The minimum absolute atomic E-state index is 0.192. The number of hydrogen-bond acceptors (Lipinski definition) is 5. The maximum Gasteiger partial charge on any atom is 0.259 e. The van der Waals surface area contributed by atoms with Crippen LogP contribution in [0.2, 0.25) is 0 Å². The van der Waals surface area contributed by atoms with Gasteiger partial charge in [0.15, 0.2) is 6.17 Å². The number of hydrogen-bond donors (Lipinski definition) is 2. The molecule has 138 valence electrons. The van der Waals surface area contributed by atoms with Crippen LogP contribution in [0.5, 0.6) is 0 Å². The van der Waals surface area contributed by atoms with E-state index in [1.54, 1.807) is 18.2 Å². The van der Waals surface area contributed by atoms with Crippen LogP contribution in [-0.4, -0.2) is 68.0 Å². The van der Waals surface area contributed by atoms with Crippen LogP contribution in [0.25, 0.3) is 0 Å². The standard InChI is InChI=1S/C16H24N4O4S/c1-12-5-3-6-13(11-12)16(22)19-9-4-10-20(25(2,23)24)15(19)14(21)18-8-7-17/h3,5-6,11,15H,4,7-10,17H2,1-2H3,(H,18,21). The van der Waals surface area contributed by atoms with Crippen molar-refractivity contribution in [1.82, 2.24) is 14.5 Å². The Hall–Kier alpha value is -1.97. The maximum absolute atomic E-state index is 12.9. The van der Waals surface area contributed by atoms with E-state index in [0.717, 1.165) is 16.1 Å². The Morgan fingerprint density at radius 3 is 2.64 bits per heavy atom. The predicted octanol–water partition coefficient (Wildman–Crippen LogP) is -0.496. The fraction of sp³-hybridized carbons (Fsp3) is 0.500. The number of rotatable bonds is 5. The second-order valence-corrected chi connectivity index (χ2v) is 7.98. The van der Waals surface area contributed by atoms with E-state index in [1.165, 1.54) is 4.90 Å². The Bertz CT molecular complexity index is 750. The van der Waals surface area contributed by atoms with Gasteiger partial charge >= 0.3 is 0 Å². The van der Waals surface area contributed by atoms with Crippen molar-refractivity contribution in [1.29, 1.82) is 0 Å². The molecule has 1 aromatic rings. The number of carbonyl (C=O) groups excluding carboxylic acids is 2. The molecule has 0 bridgehead atoms. The Morgan fingerprint density at radius 2 is 2.04 bits per heavy atom. The van der Waals surface area contributed by atoms with Crippen LogP contribution in [0.3, 0.4) is 0 Å². The summed E-state index contributed by atoms with van der Waals surface area (Å²) in [5, 5.41) is 2.59. The van der Waals surface area contributed by atoms with Gasteiger partial charge in [-0.3, -0.25) is 9.59 Å². The normalized spacial score (nSPS) is 18.8. The van der Waals surface area contributed by atoms with Gasteiger partial charge in [-0.05, 0) is 25.5 Å². The van der Waals surface area contributed by atoms with Crippen molar-refractivity contribution >= 4 is 21.8 Å². The highest BCUT2D eigenvalue weighted by Crippen LogP contribution is 2.21. The number of carbonyl (C=O) groups is 2. The highest BCUT2D eigenvalue weighted by molar-refractivity contribution is 7.88. The number of nitrogens with one attached hydrogen (secondary N) is 1. The van der Waals surface area contributed by atoms with E-state index in [4.69, 9.17) is 5.73 Å². The lowest BCUT2D eigenvalue weighted by atomic mass is 10.1. The zero-order chi connectivity index (χ0) is 18.6. The summed E-state index contributed by atoms with van der Waals surface area (Å²) >= 11 is 0. The maximum atomic E-state index is 12.9. The number of aryl methyl sites for hydroxylation is 1. The molecule has 1 saturated heterocycles. The van der Waals surface area contributed by atoms with Gasteiger partial charge in [-0.25, -0.2) is 8.42 Å². The number of benzene rings is 1. The lowest BCUT2D eigenvalue weighted by Crippen LogP contribution is -2.63. The summed E-state index contributed by atoms with van der Waals surface area (Å²) in [5.41, 5.74) is 6.73. The first-order chi connectivity index (χ1) is 11.8. The molecule has 1 atom stereocenters. The van der Waals surface area contributed by atoms with Gasteiger partial charge in [0, 0.05) is 31.7 Å². The van der Waals surface area contributed by atoms with E-state index in [2.05, 4.69) is 5.32 Å². The highest BCUT2D eigenvalue weighted by Gasteiger charge is 2.42. The molecule has 25 heavy (non-hydrogen) atoms. The average Bonchev–Trinajstić information content (AvgIpc) is 2.57.